The summed E-state index contributed by atoms with van der Waals surface area (Å²) in [6.07, 6.45) is -0.946. The van der Waals surface area contributed by atoms with Gasteiger partial charge in [0, 0.05) is 6.54 Å². The molecule has 0 radical (unpaired) electrons. The molecule has 0 fully saturated rings. The topological polar surface area (TPSA) is 76.3 Å². The van der Waals surface area contributed by atoms with Gasteiger partial charge in [-0.1, -0.05) is 0 Å². The number of halogens is 2. The number of rotatable bonds is 4. The van der Waals surface area contributed by atoms with E-state index in [9.17, 15) is 4.39 Å². The Morgan fingerprint density at radius 2 is 2.25 bits per heavy atom. The molecule has 16 heavy (non-hydrogen) atoms. The molecule has 0 saturated carbocycles. The third-order valence-corrected chi connectivity index (χ3v) is 2.53. The predicted molar refractivity (Wildman–Crippen MR) is 60.4 cm³/mol. The van der Waals surface area contributed by atoms with E-state index in [0.717, 1.165) is 6.07 Å². The fourth-order valence-corrected chi connectivity index (χ4v) is 1.42. The van der Waals surface area contributed by atoms with Gasteiger partial charge in [-0.25, -0.2) is 4.39 Å². The lowest BCUT2D eigenvalue weighted by molar-refractivity contribution is 0.105. The zero-order chi connectivity index (χ0) is 12.1. The van der Waals surface area contributed by atoms with E-state index in [4.69, 9.17) is 15.5 Å². The Hall–Kier alpha value is -1.16. The van der Waals surface area contributed by atoms with E-state index in [1.54, 1.807) is 0 Å². The van der Waals surface area contributed by atoms with E-state index in [1.165, 1.54) is 6.07 Å². The van der Waals surface area contributed by atoms with E-state index in [0.29, 0.717) is 0 Å². The van der Waals surface area contributed by atoms with Gasteiger partial charge in [-0.15, -0.1) is 0 Å². The highest BCUT2D eigenvalue weighted by atomic mass is 79.9. The molecule has 0 spiro atoms. The third-order valence-electron chi connectivity index (χ3n) is 1.92. The zero-order valence-corrected chi connectivity index (χ0v) is 9.83. The number of nitrogens with one attached hydrogen (secondary N) is 1. The first kappa shape index (κ1) is 12.9. The first-order chi connectivity index (χ1) is 7.58. The van der Waals surface area contributed by atoms with Crippen molar-refractivity contribution in [1.29, 1.82) is 5.26 Å². The van der Waals surface area contributed by atoms with Crippen LogP contribution in [0.5, 0.6) is 0 Å². The van der Waals surface area contributed by atoms with Crippen molar-refractivity contribution in [2.45, 2.75) is 6.10 Å². The summed E-state index contributed by atoms with van der Waals surface area (Å²) in [5, 5.41) is 29.2. The minimum absolute atomic E-state index is 0.0479. The van der Waals surface area contributed by atoms with Crippen molar-refractivity contribution in [3.05, 3.63) is 28.0 Å². The van der Waals surface area contributed by atoms with Crippen LogP contribution in [0.3, 0.4) is 0 Å². The highest BCUT2D eigenvalue weighted by molar-refractivity contribution is 9.10. The molecule has 6 heteroatoms. The van der Waals surface area contributed by atoms with Gasteiger partial charge in [-0.2, -0.15) is 5.26 Å². The first-order valence-electron chi connectivity index (χ1n) is 4.50. The molecule has 0 aliphatic heterocycles. The molecule has 3 N–H and O–H groups in total. The molecule has 1 aromatic carbocycles. The average molecular weight is 289 g/mol. The molecule has 0 aromatic heterocycles. The molecular weight excluding hydrogens is 279 g/mol. The van der Waals surface area contributed by atoms with Crippen molar-refractivity contribution in [2.24, 2.45) is 0 Å². The van der Waals surface area contributed by atoms with Crippen molar-refractivity contribution < 1.29 is 14.6 Å². The highest BCUT2D eigenvalue weighted by Gasteiger charge is 2.09. The average Bonchev–Trinajstić information content (AvgIpc) is 2.29. The molecule has 4 nitrogen and oxygen atoms in total. The lowest BCUT2D eigenvalue weighted by Crippen LogP contribution is -2.23. The monoisotopic (exact) mass is 288 g/mol. The second-order valence-corrected chi connectivity index (χ2v) is 4.00. The Kier molecular flexibility index (Phi) is 4.68. The van der Waals surface area contributed by atoms with E-state index < -0.39 is 18.5 Å². The number of benzene rings is 1. The zero-order valence-electron chi connectivity index (χ0n) is 8.24. The van der Waals surface area contributed by atoms with Crippen LogP contribution in [0.2, 0.25) is 0 Å². The lowest BCUT2D eigenvalue weighted by Gasteiger charge is -2.11. The summed E-state index contributed by atoms with van der Waals surface area (Å²) in [6, 6.07) is 4.41. The number of nitrogens with zero attached hydrogens (tertiary/aromatic N) is 1. The second-order valence-electron chi connectivity index (χ2n) is 3.14. The summed E-state index contributed by atoms with van der Waals surface area (Å²) in [7, 11) is 0. The summed E-state index contributed by atoms with van der Waals surface area (Å²) in [5.41, 5.74) is 0.550. The number of aliphatic hydroxyl groups is 2. The van der Waals surface area contributed by atoms with Crippen LogP contribution in [0.25, 0.3) is 0 Å². The summed E-state index contributed by atoms with van der Waals surface area (Å²) in [5.74, 6) is -0.500. The molecule has 1 rings (SSSR count). The Labute approximate surface area is 100 Å². The van der Waals surface area contributed by atoms with E-state index in [-0.39, 0.29) is 22.3 Å². The normalized spacial score (nSPS) is 11.9. The maximum absolute atomic E-state index is 13.2. The van der Waals surface area contributed by atoms with Crippen molar-refractivity contribution in [1.82, 2.24) is 0 Å². The van der Waals surface area contributed by atoms with Crippen LogP contribution in [0.4, 0.5) is 10.1 Å². The van der Waals surface area contributed by atoms with Crippen molar-refractivity contribution >= 4 is 21.6 Å². The summed E-state index contributed by atoms with van der Waals surface area (Å²) in [4.78, 5) is 0. The van der Waals surface area contributed by atoms with Crippen LogP contribution in [-0.2, 0) is 0 Å². The fourth-order valence-electron chi connectivity index (χ4n) is 1.08. The largest absolute Gasteiger partial charge is 0.394 e. The van der Waals surface area contributed by atoms with Gasteiger partial charge in [-0.05, 0) is 28.1 Å². The Morgan fingerprint density at radius 1 is 1.56 bits per heavy atom. The second kappa shape index (κ2) is 5.80. The van der Waals surface area contributed by atoms with Crippen molar-refractivity contribution in [2.75, 3.05) is 18.5 Å². The fraction of sp³-hybridized carbons (Fsp3) is 0.300. The van der Waals surface area contributed by atoms with E-state index >= 15 is 0 Å². The maximum Gasteiger partial charge on any atom is 0.139 e. The Bertz CT molecular complexity index is 420. The molecule has 0 aliphatic rings. The number of hydrogen-bond acceptors (Lipinski definition) is 4. The maximum atomic E-state index is 13.2. The van der Waals surface area contributed by atoms with Gasteiger partial charge in [-0.3, -0.25) is 0 Å². The molecule has 0 aliphatic carbocycles. The van der Waals surface area contributed by atoms with E-state index in [1.807, 2.05) is 6.07 Å². The highest BCUT2D eigenvalue weighted by Crippen LogP contribution is 2.23. The number of hydrogen-bond donors (Lipinski definition) is 3. The minimum atomic E-state index is -0.946. The first-order valence-corrected chi connectivity index (χ1v) is 5.29. The Balaban J connectivity index is 2.87. The van der Waals surface area contributed by atoms with Gasteiger partial charge >= 0.3 is 0 Å². The van der Waals surface area contributed by atoms with Gasteiger partial charge in [0.15, 0.2) is 0 Å². The molecule has 0 heterocycles. The molecule has 0 bridgehead atoms. The van der Waals surface area contributed by atoms with Gasteiger partial charge in [0.25, 0.3) is 0 Å². The number of nitriles is 1. The molecule has 0 amide bonds. The third kappa shape index (κ3) is 3.17. The SMILES string of the molecule is N#Cc1cc(Br)c(F)cc1NCC(O)CO. The smallest absolute Gasteiger partial charge is 0.139 e. The van der Waals surface area contributed by atoms with Gasteiger partial charge in [0.2, 0.25) is 0 Å². The minimum Gasteiger partial charge on any atom is -0.394 e. The van der Waals surface area contributed by atoms with Crippen LogP contribution in [0.1, 0.15) is 5.56 Å². The van der Waals surface area contributed by atoms with Crippen molar-refractivity contribution in [3.63, 3.8) is 0 Å². The molecule has 1 unspecified atom stereocenters. The van der Waals surface area contributed by atoms with Crippen LogP contribution in [0.15, 0.2) is 16.6 Å². The van der Waals surface area contributed by atoms with Crippen molar-refractivity contribution in [3.8, 4) is 6.07 Å². The predicted octanol–water partition coefficient (Wildman–Crippen LogP) is 1.22. The summed E-state index contributed by atoms with van der Waals surface area (Å²) < 4.78 is 13.4. The summed E-state index contributed by atoms with van der Waals surface area (Å²) >= 11 is 2.97. The lowest BCUT2D eigenvalue weighted by atomic mass is 10.2. The number of aliphatic hydroxyl groups excluding tert-OH is 2. The van der Waals surface area contributed by atoms with Gasteiger partial charge < -0.3 is 15.5 Å². The quantitative estimate of drug-likeness (QED) is 0.779. The van der Waals surface area contributed by atoms with Gasteiger partial charge in [0.1, 0.15) is 11.9 Å². The Morgan fingerprint density at radius 3 is 2.81 bits per heavy atom. The van der Waals surface area contributed by atoms with E-state index in [2.05, 4.69) is 21.2 Å². The molecule has 0 saturated heterocycles. The van der Waals surface area contributed by atoms with Gasteiger partial charge in [0.05, 0.1) is 28.4 Å². The van der Waals surface area contributed by atoms with Crippen LogP contribution >= 0.6 is 15.9 Å². The van der Waals surface area contributed by atoms with Crippen LogP contribution < -0.4 is 5.32 Å². The van der Waals surface area contributed by atoms with Crippen LogP contribution in [-0.4, -0.2) is 29.5 Å². The molecule has 86 valence electrons. The number of anilines is 1. The summed E-state index contributed by atoms with van der Waals surface area (Å²) in [6.45, 7) is -0.347. The standard InChI is InChI=1S/C10H10BrFN2O2/c11-8-1-6(3-13)10(2-9(8)12)14-4-7(16)5-15/h1-2,7,14-16H,4-5H2. The molecule has 1 atom stereocenters. The molecular formula is C10H10BrFN2O2. The molecule has 1 aromatic rings. The van der Waals surface area contributed by atoms with Crippen LogP contribution in [0, 0.1) is 17.1 Å².